The number of nitrogens with one attached hydrogen (secondary N) is 1. The summed E-state index contributed by atoms with van der Waals surface area (Å²) in [6, 6.07) is -1.58. The van der Waals surface area contributed by atoms with Crippen molar-refractivity contribution < 1.29 is 59.1 Å². The zero-order valence-electron chi connectivity index (χ0n) is 22.5. The first-order valence-electron chi connectivity index (χ1n) is 14.0. The van der Waals surface area contributed by atoms with E-state index in [9.17, 15) is 35.4 Å². The lowest BCUT2D eigenvalue weighted by Crippen LogP contribution is -2.69. The van der Waals surface area contributed by atoms with Gasteiger partial charge in [-0.05, 0) is 6.42 Å². The second-order valence-electron chi connectivity index (χ2n) is 10.2. The third kappa shape index (κ3) is 8.66. The fraction of sp³-hybridized carbons (Fsp3) is 0.960. The normalized spacial score (nSPS) is 37.6. The van der Waals surface area contributed by atoms with E-state index >= 15 is 0 Å². The Morgan fingerprint density at radius 2 is 1.46 bits per heavy atom. The Hall–Kier alpha value is -1.17. The van der Waals surface area contributed by atoms with Crippen LogP contribution in [0.15, 0.2) is 0 Å². The number of urea groups is 1. The van der Waals surface area contributed by atoms with Gasteiger partial charge in [0.25, 0.3) is 0 Å². The first-order valence-corrected chi connectivity index (χ1v) is 14.0. The van der Waals surface area contributed by atoms with Crippen molar-refractivity contribution in [3.05, 3.63) is 0 Å². The minimum atomic E-state index is -1.73. The molecular formula is C25H46N2O12. The fourth-order valence-electron chi connectivity index (χ4n) is 4.94. The molecule has 14 nitrogen and oxygen atoms in total. The number of aliphatic hydroxyl groups excluding tert-OH is 6. The zero-order valence-corrected chi connectivity index (χ0v) is 22.5. The number of nitrogens with zero attached hydrogens (tertiary/aromatic N) is 1. The Labute approximate surface area is 228 Å². The maximum absolute atomic E-state index is 13.1. The summed E-state index contributed by atoms with van der Waals surface area (Å²) < 4.78 is 28.5. The molecule has 3 aliphatic rings. The Balaban J connectivity index is 1.76. The molecule has 3 fully saturated rings. The largest absolute Gasteiger partial charge is 0.394 e. The third-order valence-electron chi connectivity index (χ3n) is 7.36. The summed E-state index contributed by atoms with van der Waals surface area (Å²) in [6.45, 7) is 2.62. The highest BCUT2D eigenvalue weighted by molar-refractivity contribution is 5.74. The van der Waals surface area contributed by atoms with Crippen molar-refractivity contribution in [1.29, 1.82) is 0 Å². The van der Waals surface area contributed by atoms with Gasteiger partial charge in [0.15, 0.2) is 12.6 Å². The summed E-state index contributed by atoms with van der Waals surface area (Å²) >= 11 is 0. The van der Waals surface area contributed by atoms with Crippen LogP contribution in [0.5, 0.6) is 0 Å². The van der Waals surface area contributed by atoms with Crippen molar-refractivity contribution in [2.24, 2.45) is 0 Å². The summed E-state index contributed by atoms with van der Waals surface area (Å²) in [6.07, 6.45) is -6.78. The minimum absolute atomic E-state index is 0.293. The van der Waals surface area contributed by atoms with Crippen LogP contribution < -0.4 is 5.32 Å². The van der Waals surface area contributed by atoms with Crippen molar-refractivity contribution in [3.8, 4) is 0 Å². The number of ether oxygens (including phenoxy) is 5. The Morgan fingerprint density at radius 3 is 2.13 bits per heavy atom. The second kappa shape index (κ2) is 16.3. The Morgan fingerprint density at radius 1 is 0.846 bits per heavy atom. The van der Waals surface area contributed by atoms with E-state index in [-0.39, 0.29) is 0 Å². The van der Waals surface area contributed by atoms with Gasteiger partial charge in [-0.1, -0.05) is 39.0 Å². The van der Waals surface area contributed by atoms with E-state index in [0.29, 0.717) is 32.9 Å². The molecule has 0 bridgehead atoms. The predicted molar refractivity (Wildman–Crippen MR) is 134 cm³/mol. The number of morpholine rings is 1. The van der Waals surface area contributed by atoms with Crippen LogP contribution in [0.1, 0.15) is 45.4 Å². The second-order valence-corrected chi connectivity index (χ2v) is 10.2. The molecule has 0 radical (unpaired) electrons. The topological polar surface area (TPSA) is 200 Å². The van der Waals surface area contributed by atoms with Crippen LogP contribution in [0, 0.1) is 0 Å². The highest BCUT2D eigenvalue weighted by Gasteiger charge is 2.52. The van der Waals surface area contributed by atoms with E-state index in [0.717, 1.165) is 38.5 Å². The average Bonchev–Trinajstić information content (AvgIpc) is 2.95. The molecule has 0 aromatic carbocycles. The van der Waals surface area contributed by atoms with Crippen molar-refractivity contribution in [1.82, 2.24) is 10.2 Å². The Kier molecular flexibility index (Phi) is 13.5. The molecule has 3 saturated heterocycles. The van der Waals surface area contributed by atoms with Crippen molar-refractivity contribution in [2.45, 2.75) is 107 Å². The predicted octanol–water partition coefficient (Wildman–Crippen LogP) is -1.96. The number of carbonyl (C=O) groups is 1. The summed E-state index contributed by atoms with van der Waals surface area (Å²) in [7, 11) is 0. The van der Waals surface area contributed by atoms with Gasteiger partial charge in [0, 0.05) is 19.7 Å². The number of hydrogen-bond donors (Lipinski definition) is 7. The number of amides is 2. The lowest BCUT2D eigenvalue weighted by molar-refractivity contribution is -0.344. The van der Waals surface area contributed by atoms with Crippen molar-refractivity contribution in [2.75, 3.05) is 46.1 Å². The van der Waals surface area contributed by atoms with E-state index in [2.05, 4.69) is 12.2 Å². The summed E-state index contributed by atoms with van der Waals surface area (Å²) in [5.41, 5.74) is 0. The minimum Gasteiger partial charge on any atom is -0.394 e. The van der Waals surface area contributed by atoms with Gasteiger partial charge in [-0.25, -0.2) is 4.79 Å². The molecule has 0 unspecified atom stereocenters. The molecule has 0 aromatic heterocycles. The van der Waals surface area contributed by atoms with Gasteiger partial charge < -0.3 is 64.5 Å². The fourth-order valence-corrected chi connectivity index (χ4v) is 4.94. The van der Waals surface area contributed by atoms with Crippen LogP contribution in [0.2, 0.25) is 0 Å². The zero-order chi connectivity index (χ0) is 28.4. The molecule has 0 spiro atoms. The lowest BCUT2D eigenvalue weighted by atomic mass is 9.95. The maximum atomic E-state index is 13.1. The average molecular weight is 567 g/mol. The number of rotatable bonds is 13. The summed E-state index contributed by atoms with van der Waals surface area (Å²) in [4.78, 5) is 14.6. The molecule has 2 amide bonds. The molecule has 7 N–H and O–H groups in total. The molecule has 14 heteroatoms. The van der Waals surface area contributed by atoms with Gasteiger partial charge in [0.05, 0.1) is 26.4 Å². The highest BCUT2D eigenvalue weighted by atomic mass is 16.7. The van der Waals surface area contributed by atoms with Gasteiger partial charge in [-0.3, -0.25) is 0 Å². The Bertz CT molecular complexity index is 713. The van der Waals surface area contributed by atoms with Crippen molar-refractivity contribution >= 4 is 6.03 Å². The van der Waals surface area contributed by atoms with E-state index in [1.54, 1.807) is 0 Å². The molecule has 10 atom stereocenters. The van der Waals surface area contributed by atoms with Crippen LogP contribution >= 0.6 is 0 Å². The number of hydrogen-bond acceptors (Lipinski definition) is 12. The third-order valence-corrected chi connectivity index (χ3v) is 7.36. The molecule has 3 heterocycles. The first-order chi connectivity index (χ1) is 18.8. The summed E-state index contributed by atoms with van der Waals surface area (Å²) in [5, 5.41) is 64.1. The van der Waals surface area contributed by atoms with Crippen LogP contribution in [-0.2, 0) is 23.7 Å². The van der Waals surface area contributed by atoms with Crippen LogP contribution in [0.4, 0.5) is 4.79 Å². The van der Waals surface area contributed by atoms with E-state index in [4.69, 9.17) is 23.7 Å². The highest BCUT2D eigenvalue weighted by Crippen LogP contribution is 2.30. The SMILES string of the molecule is CCCCCCCCO[C@@H]1O[C@H](CO)[C@@H](O)[C@H](O[C@@H]2O[C@H](CO)[C@H](O)[C@H](O)[C@H]2O)[C@H]1NC(=O)N1CCOCC1. The van der Waals surface area contributed by atoms with E-state index < -0.39 is 80.6 Å². The van der Waals surface area contributed by atoms with Gasteiger partial charge in [0.1, 0.15) is 48.8 Å². The smallest absolute Gasteiger partial charge is 0.318 e. The molecule has 0 aliphatic carbocycles. The van der Waals surface area contributed by atoms with Crippen LogP contribution in [-0.4, -0.2) is 149 Å². The number of carbonyl (C=O) groups excluding carboxylic acids is 1. The van der Waals surface area contributed by atoms with Gasteiger partial charge in [-0.15, -0.1) is 0 Å². The molecule has 0 aromatic rings. The molecule has 228 valence electrons. The molecule has 0 saturated carbocycles. The number of aliphatic hydroxyl groups is 6. The monoisotopic (exact) mass is 566 g/mol. The molecular weight excluding hydrogens is 520 g/mol. The standard InChI is InChI=1S/C25H46N2O12/c1-2-3-4-5-6-7-10-36-23-17(26-25(34)27-8-11-35-12-9-27)22(19(31)16(14-29)37-23)39-24-21(33)20(32)18(30)15(13-28)38-24/h15-24,28-33H,2-14H2,1H3,(H,26,34)/t15-,16-,17-,18+,19-,20+,21-,22-,23-,24+/m1/s1. The first kappa shape index (κ1) is 32.3. The lowest BCUT2D eigenvalue weighted by Gasteiger charge is -2.47. The van der Waals surface area contributed by atoms with E-state index in [1.165, 1.54) is 4.90 Å². The van der Waals surface area contributed by atoms with Crippen LogP contribution in [0.3, 0.4) is 0 Å². The molecule has 39 heavy (non-hydrogen) atoms. The van der Waals surface area contributed by atoms with Gasteiger partial charge in [0.2, 0.25) is 0 Å². The number of unbranched alkanes of at least 4 members (excludes halogenated alkanes) is 5. The molecule has 3 aliphatic heterocycles. The maximum Gasteiger partial charge on any atom is 0.318 e. The quantitative estimate of drug-likeness (QED) is 0.122. The van der Waals surface area contributed by atoms with E-state index in [1.807, 2.05) is 0 Å². The molecule has 3 rings (SSSR count). The van der Waals surface area contributed by atoms with Gasteiger partial charge in [-0.2, -0.15) is 0 Å². The van der Waals surface area contributed by atoms with Crippen LogP contribution in [0.25, 0.3) is 0 Å². The van der Waals surface area contributed by atoms with Crippen molar-refractivity contribution in [3.63, 3.8) is 0 Å². The van der Waals surface area contributed by atoms with Gasteiger partial charge >= 0.3 is 6.03 Å². The summed E-state index contributed by atoms with van der Waals surface area (Å²) in [5.74, 6) is 0.